The third kappa shape index (κ3) is 4.29. The summed E-state index contributed by atoms with van der Waals surface area (Å²) < 4.78 is 5.14. The molecule has 1 aromatic heterocycles. The number of allylic oxidation sites excluding steroid dienone is 1. The monoisotopic (exact) mass is 378 g/mol. The van der Waals surface area contributed by atoms with Gasteiger partial charge in [-0.1, -0.05) is 6.07 Å². The molecule has 0 unspecified atom stereocenters. The Morgan fingerprint density at radius 1 is 1.33 bits per heavy atom. The molecule has 27 heavy (non-hydrogen) atoms. The lowest BCUT2D eigenvalue weighted by Crippen LogP contribution is -1.93. The van der Waals surface area contributed by atoms with Gasteiger partial charge in [0.05, 0.1) is 17.7 Å². The van der Waals surface area contributed by atoms with Gasteiger partial charge in [-0.25, -0.2) is 4.98 Å². The zero-order chi connectivity index (χ0) is 19.2. The molecule has 0 amide bonds. The number of nitrogens with one attached hydrogen (secondary N) is 1. The predicted octanol–water partition coefficient (Wildman–Crippen LogP) is 4.70. The average Bonchev–Trinajstić information content (AvgIpc) is 3.19. The second-order valence-electron chi connectivity index (χ2n) is 5.39. The van der Waals surface area contributed by atoms with Gasteiger partial charge in [0, 0.05) is 35.0 Å². The number of hydrogen-bond acceptors (Lipinski definition) is 7. The number of ether oxygens (including phenoxy) is 1. The zero-order valence-electron chi connectivity index (χ0n) is 14.2. The number of anilines is 1. The normalized spacial score (nSPS) is 10.9. The van der Waals surface area contributed by atoms with Crippen LogP contribution >= 0.6 is 11.3 Å². The lowest BCUT2D eigenvalue weighted by atomic mass is 10.2. The van der Waals surface area contributed by atoms with Crippen molar-refractivity contribution in [2.24, 2.45) is 0 Å². The van der Waals surface area contributed by atoms with Crippen LogP contribution in [-0.2, 0) is 0 Å². The van der Waals surface area contributed by atoms with Crippen molar-refractivity contribution in [3.05, 3.63) is 75.2 Å². The Kier molecular flexibility index (Phi) is 5.44. The molecule has 3 rings (SSSR count). The van der Waals surface area contributed by atoms with Crippen molar-refractivity contribution in [2.75, 3.05) is 12.4 Å². The highest BCUT2D eigenvalue weighted by Gasteiger charge is 2.10. The molecule has 7 nitrogen and oxygen atoms in total. The van der Waals surface area contributed by atoms with Crippen molar-refractivity contribution in [2.45, 2.75) is 0 Å². The van der Waals surface area contributed by atoms with E-state index >= 15 is 0 Å². The average molecular weight is 378 g/mol. The van der Waals surface area contributed by atoms with E-state index < -0.39 is 4.92 Å². The minimum absolute atomic E-state index is 0.0250. The molecule has 0 spiro atoms. The third-order valence-electron chi connectivity index (χ3n) is 3.68. The molecule has 0 fully saturated rings. The van der Waals surface area contributed by atoms with Gasteiger partial charge in [-0.3, -0.25) is 10.1 Å². The van der Waals surface area contributed by atoms with E-state index in [0.29, 0.717) is 16.3 Å². The number of nitro groups is 1. The summed E-state index contributed by atoms with van der Waals surface area (Å²) in [6.07, 6.45) is 1.50. The maximum Gasteiger partial charge on any atom is 0.271 e. The molecule has 2 aromatic carbocycles. The van der Waals surface area contributed by atoms with E-state index in [9.17, 15) is 15.4 Å². The predicted molar refractivity (Wildman–Crippen MR) is 104 cm³/mol. The molecule has 3 aromatic rings. The molecule has 0 saturated carbocycles. The van der Waals surface area contributed by atoms with Crippen LogP contribution in [0.25, 0.3) is 16.8 Å². The summed E-state index contributed by atoms with van der Waals surface area (Å²) in [5.74, 6) is 0.757. The summed E-state index contributed by atoms with van der Waals surface area (Å²) >= 11 is 1.35. The number of nitro benzene ring substituents is 1. The fraction of sp³-hybridized carbons (Fsp3) is 0.0526. The number of aromatic nitrogens is 1. The number of rotatable bonds is 6. The highest BCUT2D eigenvalue weighted by atomic mass is 32.1. The second-order valence-corrected chi connectivity index (χ2v) is 6.25. The van der Waals surface area contributed by atoms with Crippen molar-refractivity contribution >= 4 is 28.3 Å². The zero-order valence-corrected chi connectivity index (χ0v) is 15.1. The van der Waals surface area contributed by atoms with Crippen LogP contribution in [-0.4, -0.2) is 17.0 Å². The number of benzene rings is 2. The summed E-state index contributed by atoms with van der Waals surface area (Å²) in [6.45, 7) is 0. The van der Waals surface area contributed by atoms with Gasteiger partial charge in [-0.15, -0.1) is 11.3 Å². The molecule has 0 atom stereocenters. The van der Waals surface area contributed by atoms with Gasteiger partial charge in [-0.2, -0.15) is 5.26 Å². The van der Waals surface area contributed by atoms with Crippen molar-refractivity contribution in [3.8, 4) is 23.1 Å². The van der Waals surface area contributed by atoms with Crippen LogP contribution in [0.4, 0.5) is 11.4 Å². The van der Waals surface area contributed by atoms with E-state index in [2.05, 4.69) is 16.4 Å². The maximum atomic E-state index is 10.8. The molecule has 0 aliphatic carbocycles. The number of non-ortho nitro benzene ring substituents is 1. The molecular weight excluding hydrogens is 364 g/mol. The molecule has 0 radical (unpaired) electrons. The lowest BCUT2D eigenvalue weighted by molar-refractivity contribution is -0.384. The van der Waals surface area contributed by atoms with E-state index in [1.54, 1.807) is 19.2 Å². The molecular formula is C19H14N4O3S. The lowest BCUT2D eigenvalue weighted by Gasteiger charge is -2.01. The van der Waals surface area contributed by atoms with Gasteiger partial charge < -0.3 is 10.1 Å². The van der Waals surface area contributed by atoms with Crippen LogP contribution in [0.5, 0.6) is 5.75 Å². The molecule has 1 N–H and O–H groups in total. The first-order valence-corrected chi connectivity index (χ1v) is 8.70. The van der Waals surface area contributed by atoms with Crippen molar-refractivity contribution in [1.29, 1.82) is 5.26 Å². The molecule has 0 bridgehead atoms. The minimum Gasteiger partial charge on any atom is -0.497 e. The van der Waals surface area contributed by atoms with Crippen molar-refractivity contribution in [1.82, 2.24) is 4.98 Å². The van der Waals surface area contributed by atoms with Crippen molar-refractivity contribution in [3.63, 3.8) is 0 Å². The maximum absolute atomic E-state index is 10.8. The molecule has 0 aliphatic heterocycles. The van der Waals surface area contributed by atoms with E-state index in [4.69, 9.17) is 4.74 Å². The van der Waals surface area contributed by atoms with E-state index in [0.717, 1.165) is 17.0 Å². The molecule has 1 heterocycles. The Hall–Kier alpha value is -3.70. The largest absolute Gasteiger partial charge is 0.497 e. The van der Waals surface area contributed by atoms with Crippen LogP contribution in [0.1, 0.15) is 5.01 Å². The molecule has 134 valence electrons. The summed E-state index contributed by atoms with van der Waals surface area (Å²) in [7, 11) is 1.61. The minimum atomic E-state index is -0.470. The topological polar surface area (TPSA) is 101 Å². The van der Waals surface area contributed by atoms with Gasteiger partial charge in [-0.05, 0) is 30.3 Å². The standard InChI is InChI=1S/C19H14N4O3S/c1-26-17-7-5-13(6-8-17)18-12-27-19(22-18)14(10-20)11-21-15-3-2-4-16(9-15)23(24)25/h2-9,11-12,21H,1H3. The fourth-order valence-corrected chi connectivity index (χ4v) is 3.09. The van der Waals surface area contributed by atoms with Crippen LogP contribution in [0.2, 0.25) is 0 Å². The smallest absolute Gasteiger partial charge is 0.271 e. The number of thiazole rings is 1. The number of nitriles is 1. The first-order chi connectivity index (χ1) is 13.1. The van der Waals surface area contributed by atoms with E-state index in [-0.39, 0.29) is 5.69 Å². The molecule has 0 saturated heterocycles. The van der Waals surface area contributed by atoms with Crippen LogP contribution in [0.15, 0.2) is 60.1 Å². The van der Waals surface area contributed by atoms with Gasteiger partial charge in [0.15, 0.2) is 0 Å². The summed E-state index contributed by atoms with van der Waals surface area (Å²) in [5, 5.41) is 25.6. The van der Waals surface area contributed by atoms with Gasteiger partial charge in [0.2, 0.25) is 0 Å². The Labute approximate surface area is 159 Å². The van der Waals surface area contributed by atoms with Crippen LogP contribution in [0.3, 0.4) is 0 Å². The Morgan fingerprint density at radius 3 is 2.78 bits per heavy atom. The van der Waals surface area contributed by atoms with Gasteiger partial charge in [0.25, 0.3) is 5.69 Å². The van der Waals surface area contributed by atoms with Gasteiger partial charge in [0.1, 0.15) is 22.4 Å². The van der Waals surface area contributed by atoms with E-state index in [1.165, 1.54) is 29.7 Å². The first-order valence-electron chi connectivity index (χ1n) is 7.82. The SMILES string of the molecule is COc1ccc(-c2csc(C(C#N)=CNc3cccc([N+](=O)[O-])c3)n2)cc1. The highest BCUT2D eigenvalue weighted by molar-refractivity contribution is 7.11. The number of nitrogens with zero attached hydrogens (tertiary/aromatic N) is 3. The van der Waals surface area contributed by atoms with Gasteiger partial charge >= 0.3 is 0 Å². The molecule has 8 heteroatoms. The Balaban J connectivity index is 1.80. The number of hydrogen-bond donors (Lipinski definition) is 1. The summed E-state index contributed by atoms with van der Waals surface area (Å²) in [6, 6.07) is 15.7. The highest BCUT2D eigenvalue weighted by Crippen LogP contribution is 2.27. The quantitative estimate of drug-likeness (QED) is 0.379. The summed E-state index contributed by atoms with van der Waals surface area (Å²) in [5.41, 5.74) is 2.51. The number of methoxy groups -OCH3 is 1. The Bertz CT molecular complexity index is 1040. The second kappa shape index (κ2) is 8.12. The van der Waals surface area contributed by atoms with Crippen molar-refractivity contribution < 1.29 is 9.66 Å². The molecule has 0 aliphatic rings. The first kappa shape index (κ1) is 18.1. The van der Waals surface area contributed by atoms with Crippen LogP contribution < -0.4 is 10.1 Å². The Morgan fingerprint density at radius 2 is 2.11 bits per heavy atom. The third-order valence-corrected chi connectivity index (χ3v) is 4.56. The van der Waals surface area contributed by atoms with Crippen LogP contribution in [0, 0.1) is 21.4 Å². The summed E-state index contributed by atoms with van der Waals surface area (Å²) in [4.78, 5) is 14.9. The fourth-order valence-electron chi connectivity index (χ4n) is 2.30. The van der Waals surface area contributed by atoms with E-state index in [1.807, 2.05) is 29.6 Å².